The molecule has 1 saturated heterocycles. The van der Waals surface area contributed by atoms with E-state index in [9.17, 15) is 4.79 Å². The van der Waals surface area contributed by atoms with Gasteiger partial charge in [-0.25, -0.2) is 0 Å². The Morgan fingerprint density at radius 3 is 2.41 bits per heavy atom. The fraction of sp³-hybridized carbons (Fsp3) is 0.500. The highest BCUT2D eigenvalue weighted by atomic mass is 16.5. The monoisotopic (exact) mass is 233 g/mol. The maximum atomic E-state index is 11.5. The molecule has 0 aromatic heterocycles. The minimum absolute atomic E-state index is 0.000793. The Labute approximate surface area is 102 Å². The average Bonchev–Trinajstić information content (AvgIpc) is 2.26. The van der Waals surface area contributed by atoms with Crippen LogP contribution in [0.25, 0.3) is 0 Å². The van der Waals surface area contributed by atoms with Crippen molar-refractivity contribution in [3.8, 4) is 0 Å². The van der Waals surface area contributed by atoms with Crippen molar-refractivity contribution in [2.45, 2.75) is 39.5 Å². The van der Waals surface area contributed by atoms with Gasteiger partial charge >= 0.3 is 0 Å². The normalized spacial score (nSPS) is 24.1. The lowest BCUT2D eigenvalue weighted by atomic mass is 9.78. The molecule has 1 N–H and O–H groups in total. The van der Waals surface area contributed by atoms with Crippen LogP contribution in [0.4, 0.5) is 0 Å². The highest BCUT2D eigenvalue weighted by Gasteiger charge is 2.46. The van der Waals surface area contributed by atoms with Crippen molar-refractivity contribution in [3.63, 3.8) is 0 Å². The molecule has 0 saturated carbocycles. The second kappa shape index (κ2) is 4.49. The Morgan fingerprint density at radius 2 is 1.88 bits per heavy atom. The number of benzene rings is 1. The van der Waals surface area contributed by atoms with Gasteiger partial charge in [-0.2, -0.15) is 0 Å². The summed E-state index contributed by atoms with van der Waals surface area (Å²) >= 11 is 0. The zero-order chi connectivity index (χ0) is 12.5. The van der Waals surface area contributed by atoms with E-state index in [2.05, 4.69) is 26.1 Å². The summed E-state index contributed by atoms with van der Waals surface area (Å²) in [5.74, 6) is 0.000793. The van der Waals surface area contributed by atoms with Gasteiger partial charge in [-0.05, 0) is 11.0 Å². The highest BCUT2D eigenvalue weighted by molar-refractivity contribution is 5.88. The molecule has 0 unspecified atom stereocenters. The van der Waals surface area contributed by atoms with Gasteiger partial charge < -0.3 is 10.1 Å². The summed E-state index contributed by atoms with van der Waals surface area (Å²) in [7, 11) is 0. The summed E-state index contributed by atoms with van der Waals surface area (Å²) in [5.41, 5.74) is 1.13. The highest BCUT2D eigenvalue weighted by Crippen LogP contribution is 2.29. The number of hydrogen-bond donors (Lipinski definition) is 1. The molecule has 0 bridgehead atoms. The lowest BCUT2D eigenvalue weighted by molar-refractivity contribution is -0.155. The van der Waals surface area contributed by atoms with Gasteiger partial charge in [0.2, 0.25) is 0 Å². The van der Waals surface area contributed by atoms with Gasteiger partial charge in [0.05, 0.1) is 12.6 Å². The van der Waals surface area contributed by atoms with Gasteiger partial charge in [-0.3, -0.25) is 4.79 Å². The molecule has 17 heavy (non-hydrogen) atoms. The zero-order valence-electron chi connectivity index (χ0n) is 10.6. The van der Waals surface area contributed by atoms with Gasteiger partial charge in [0.1, 0.15) is 0 Å². The smallest absolute Gasteiger partial charge is 0.251 e. The lowest BCUT2D eigenvalue weighted by Gasteiger charge is -2.44. The van der Waals surface area contributed by atoms with Crippen LogP contribution in [0.1, 0.15) is 26.3 Å². The van der Waals surface area contributed by atoms with Crippen molar-refractivity contribution in [3.05, 3.63) is 35.9 Å². The van der Waals surface area contributed by atoms with E-state index in [1.807, 2.05) is 30.3 Å². The Morgan fingerprint density at radius 1 is 1.24 bits per heavy atom. The zero-order valence-corrected chi connectivity index (χ0v) is 10.6. The minimum Gasteiger partial charge on any atom is -0.362 e. The summed E-state index contributed by atoms with van der Waals surface area (Å²) in [6.07, 6.45) is -0.310. The molecule has 1 fully saturated rings. The number of nitrogens with one attached hydrogen (secondary N) is 1. The van der Waals surface area contributed by atoms with Crippen LogP contribution in [0.5, 0.6) is 0 Å². The first-order valence-corrected chi connectivity index (χ1v) is 5.94. The van der Waals surface area contributed by atoms with Gasteiger partial charge in [-0.1, -0.05) is 51.1 Å². The molecule has 92 valence electrons. The molecule has 0 radical (unpaired) electrons. The fourth-order valence-corrected chi connectivity index (χ4v) is 1.97. The van der Waals surface area contributed by atoms with Crippen LogP contribution in [-0.4, -0.2) is 18.1 Å². The molecule has 1 aliphatic rings. The van der Waals surface area contributed by atoms with E-state index in [-0.39, 0.29) is 23.5 Å². The number of amides is 1. The Hall–Kier alpha value is -1.35. The van der Waals surface area contributed by atoms with E-state index in [1.54, 1.807) is 0 Å². The topological polar surface area (TPSA) is 38.3 Å². The molecule has 2 rings (SSSR count). The fourth-order valence-electron chi connectivity index (χ4n) is 1.97. The van der Waals surface area contributed by atoms with E-state index in [0.717, 1.165) is 5.56 Å². The molecule has 0 aliphatic carbocycles. The van der Waals surface area contributed by atoms with Crippen molar-refractivity contribution in [1.82, 2.24) is 5.32 Å². The Kier molecular flexibility index (Phi) is 3.20. The quantitative estimate of drug-likeness (QED) is 0.812. The number of β-lactam (4-membered cyclic amide) rings is 1. The molecule has 1 aromatic rings. The van der Waals surface area contributed by atoms with Crippen LogP contribution in [0.3, 0.4) is 0 Å². The Balaban J connectivity index is 1.93. The van der Waals surface area contributed by atoms with Crippen molar-refractivity contribution in [1.29, 1.82) is 0 Å². The summed E-state index contributed by atoms with van der Waals surface area (Å²) in [6, 6.07) is 10.0. The van der Waals surface area contributed by atoms with Crippen molar-refractivity contribution in [2.24, 2.45) is 5.41 Å². The van der Waals surface area contributed by atoms with Crippen LogP contribution in [0.2, 0.25) is 0 Å². The third kappa shape index (κ3) is 2.67. The maximum Gasteiger partial charge on any atom is 0.251 e. The second-order valence-corrected chi connectivity index (χ2v) is 5.57. The average molecular weight is 233 g/mol. The predicted molar refractivity (Wildman–Crippen MR) is 66.4 cm³/mol. The molecule has 1 aromatic carbocycles. The number of hydrogen-bond acceptors (Lipinski definition) is 2. The number of ether oxygens (including phenoxy) is 1. The van der Waals surface area contributed by atoms with Gasteiger partial charge in [0, 0.05) is 0 Å². The Bertz CT molecular complexity index is 394. The molecule has 3 heteroatoms. The first-order valence-electron chi connectivity index (χ1n) is 5.94. The molecule has 3 nitrogen and oxygen atoms in total. The molecule has 1 amide bonds. The first-order chi connectivity index (χ1) is 7.98. The predicted octanol–water partition coefficient (Wildman–Crippen LogP) is 2.12. The van der Waals surface area contributed by atoms with Crippen molar-refractivity contribution < 1.29 is 9.53 Å². The van der Waals surface area contributed by atoms with Crippen LogP contribution >= 0.6 is 0 Å². The standard InChI is InChI=1S/C14H19NO2/c1-14(2,3)12-11(13(16)15-12)17-9-10-7-5-4-6-8-10/h4-8,11-12H,9H2,1-3H3,(H,15,16)/t11-,12-/m0/s1. The number of carbonyl (C=O) groups is 1. The molecular weight excluding hydrogens is 214 g/mol. The van der Waals surface area contributed by atoms with Crippen LogP contribution < -0.4 is 5.32 Å². The minimum atomic E-state index is -0.310. The van der Waals surface area contributed by atoms with Gasteiger partial charge in [0.15, 0.2) is 6.10 Å². The molecule has 0 spiro atoms. The number of carbonyl (C=O) groups excluding carboxylic acids is 1. The van der Waals surface area contributed by atoms with Crippen molar-refractivity contribution >= 4 is 5.91 Å². The van der Waals surface area contributed by atoms with E-state index in [0.29, 0.717) is 6.61 Å². The third-order valence-corrected chi connectivity index (χ3v) is 3.06. The molecule has 2 atom stereocenters. The summed E-state index contributed by atoms with van der Waals surface area (Å²) < 4.78 is 5.70. The van der Waals surface area contributed by atoms with Crippen molar-refractivity contribution in [2.75, 3.05) is 0 Å². The third-order valence-electron chi connectivity index (χ3n) is 3.06. The largest absolute Gasteiger partial charge is 0.362 e. The van der Waals surface area contributed by atoms with Crippen LogP contribution in [-0.2, 0) is 16.1 Å². The lowest BCUT2D eigenvalue weighted by Crippen LogP contribution is -2.68. The van der Waals surface area contributed by atoms with E-state index >= 15 is 0 Å². The summed E-state index contributed by atoms with van der Waals surface area (Å²) in [5, 5.41) is 2.91. The van der Waals surface area contributed by atoms with Gasteiger partial charge in [-0.15, -0.1) is 0 Å². The SMILES string of the molecule is CC(C)(C)[C@H]1NC(=O)[C@H]1OCc1ccccc1. The first kappa shape index (κ1) is 12.1. The number of rotatable bonds is 3. The second-order valence-electron chi connectivity index (χ2n) is 5.57. The summed E-state index contributed by atoms with van der Waals surface area (Å²) in [4.78, 5) is 11.5. The molecular formula is C14H19NO2. The van der Waals surface area contributed by atoms with Gasteiger partial charge in [0.25, 0.3) is 5.91 Å². The van der Waals surface area contributed by atoms with E-state index in [1.165, 1.54) is 0 Å². The summed E-state index contributed by atoms with van der Waals surface area (Å²) in [6.45, 7) is 6.81. The maximum absolute atomic E-state index is 11.5. The molecule has 1 heterocycles. The van der Waals surface area contributed by atoms with Crippen LogP contribution in [0.15, 0.2) is 30.3 Å². The van der Waals surface area contributed by atoms with Crippen LogP contribution in [0, 0.1) is 5.41 Å². The van der Waals surface area contributed by atoms with E-state index < -0.39 is 0 Å². The van der Waals surface area contributed by atoms with E-state index in [4.69, 9.17) is 4.74 Å². The molecule has 1 aliphatic heterocycles.